The van der Waals surface area contributed by atoms with Gasteiger partial charge in [-0.1, -0.05) is 19.1 Å². The van der Waals surface area contributed by atoms with Gasteiger partial charge in [-0.05, 0) is 18.1 Å². The molecule has 0 amide bonds. The first kappa shape index (κ1) is 9.58. The first-order valence-corrected chi connectivity index (χ1v) is 4.61. The highest BCUT2D eigenvalue weighted by Gasteiger charge is 2.20. The second-order valence-electron chi connectivity index (χ2n) is 3.23. The van der Waals surface area contributed by atoms with E-state index >= 15 is 0 Å². The van der Waals surface area contributed by atoms with E-state index in [9.17, 15) is 9.90 Å². The van der Waals surface area contributed by atoms with Crippen molar-refractivity contribution in [2.75, 3.05) is 0 Å². The Labute approximate surface area is 85.8 Å². The second-order valence-corrected chi connectivity index (χ2v) is 3.23. The van der Waals surface area contributed by atoms with Gasteiger partial charge in [-0.15, -0.1) is 0 Å². The van der Waals surface area contributed by atoms with Crippen molar-refractivity contribution in [2.24, 2.45) is 0 Å². The average molecular weight is 206 g/mol. The van der Waals surface area contributed by atoms with Crippen LogP contribution in [0.2, 0.25) is 0 Å². The quantitative estimate of drug-likeness (QED) is 0.791. The third-order valence-corrected chi connectivity index (χ3v) is 2.35. The summed E-state index contributed by atoms with van der Waals surface area (Å²) in [6, 6.07) is 5.25. The van der Waals surface area contributed by atoms with Gasteiger partial charge in [-0.25, -0.2) is 4.79 Å². The number of aromatic hydroxyl groups is 1. The fourth-order valence-electron chi connectivity index (χ4n) is 1.64. The van der Waals surface area contributed by atoms with Gasteiger partial charge in [-0.3, -0.25) is 0 Å². The Morgan fingerprint density at radius 3 is 2.80 bits per heavy atom. The fraction of sp³-hybridized carbons (Fsp3) is 0.182. The smallest absolute Gasteiger partial charge is 0.375 e. The molecule has 0 atom stereocenters. The van der Waals surface area contributed by atoms with Gasteiger partial charge < -0.3 is 14.6 Å². The third-order valence-electron chi connectivity index (χ3n) is 2.35. The highest BCUT2D eigenvalue weighted by molar-refractivity contribution is 5.98. The molecule has 78 valence electrons. The molecule has 0 bridgehead atoms. The molecular formula is C11H10O4. The van der Waals surface area contributed by atoms with Crippen molar-refractivity contribution in [2.45, 2.75) is 13.3 Å². The number of aryl methyl sites for hydroxylation is 1. The molecule has 0 unspecified atom stereocenters. The predicted molar refractivity (Wildman–Crippen MR) is 54.2 cm³/mol. The number of furan rings is 1. The normalized spacial score (nSPS) is 10.7. The first-order valence-electron chi connectivity index (χ1n) is 4.61. The number of aromatic carboxylic acids is 1. The van der Waals surface area contributed by atoms with E-state index in [4.69, 9.17) is 9.52 Å². The molecule has 0 aliphatic carbocycles. The van der Waals surface area contributed by atoms with Crippen molar-refractivity contribution in [3.8, 4) is 5.75 Å². The number of carboxylic acid groups (broad SMARTS) is 1. The zero-order valence-electron chi connectivity index (χ0n) is 8.15. The third kappa shape index (κ3) is 1.34. The molecule has 2 aromatic rings. The van der Waals surface area contributed by atoms with Gasteiger partial charge in [0, 0.05) is 0 Å². The van der Waals surface area contributed by atoms with E-state index in [1.807, 2.05) is 13.0 Å². The van der Waals surface area contributed by atoms with Crippen LogP contribution in [0.1, 0.15) is 23.0 Å². The SMILES string of the molecule is CCc1cccc2oc(C(=O)O)c(O)c12. The van der Waals surface area contributed by atoms with Crippen LogP contribution in [0, 0.1) is 0 Å². The molecule has 4 nitrogen and oxygen atoms in total. The molecule has 1 heterocycles. The van der Waals surface area contributed by atoms with Crippen molar-refractivity contribution in [3.63, 3.8) is 0 Å². The lowest BCUT2D eigenvalue weighted by atomic mass is 10.1. The van der Waals surface area contributed by atoms with E-state index in [1.165, 1.54) is 0 Å². The van der Waals surface area contributed by atoms with E-state index in [2.05, 4.69) is 0 Å². The maximum absolute atomic E-state index is 10.7. The molecule has 0 fully saturated rings. The average Bonchev–Trinajstić information content (AvgIpc) is 2.56. The standard InChI is InChI=1S/C11H10O4/c1-2-6-4-3-5-7-8(6)9(12)10(15-7)11(13)14/h3-5,12H,2H2,1H3,(H,13,14). The lowest BCUT2D eigenvalue weighted by molar-refractivity contribution is 0.0660. The van der Waals surface area contributed by atoms with Gasteiger partial charge in [0.25, 0.3) is 5.76 Å². The highest BCUT2D eigenvalue weighted by atomic mass is 16.4. The summed E-state index contributed by atoms with van der Waals surface area (Å²) in [7, 11) is 0. The molecule has 1 aromatic heterocycles. The molecule has 0 saturated carbocycles. The Morgan fingerprint density at radius 1 is 1.47 bits per heavy atom. The summed E-state index contributed by atoms with van der Waals surface area (Å²) in [5, 5.41) is 19.0. The van der Waals surface area contributed by atoms with Crippen LogP contribution in [0.3, 0.4) is 0 Å². The van der Waals surface area contributed by atoms with Crippen molar-refractivity contribution in [1.82, 2.24) is 0 Å². The maximum atomic E-state index is 10.7. The zero-order valence-corrected chi connectivity index (χ0v) is 8.15. The van der Waals surface area contributed by atoms with Crippen LogP contribution in [-0.2, 0) is 6.42 Å². The topological polar surface area (TPSA) is 70.7 Å². The molecule has 4 heteroatoms. The first-order chi connectivity index (χ1) is 7.15. The molecule has 2 N–H and O–H groups in total. The summed E-state index contributed by atoms with van der Waals surface area (Å²) in [4.78, 5) is 10.7. The largest absolute Gasteiger partial charge is 0.504 e. The second kappa shape index (κ2) is 3.31. The zero-order chi connectivity index (χ0) is 11.0. The summed E-state index contributed by atoms with van der Waals surface area (Å²) >= 11 is 0. The monoisotopic (exact) mass is 206 g/mol. The Hall–Kier alpha value is -1.97. The minimum atomic E-state index is -1.26. The molecule has 0 aliphatic rings. The van der Waals surface area contributed by atoms with Crippen LogP contribution < -0.4 is 0 Å². The number of hydrogen-bond acceptors (Lipinski definition) is 3. The Morgan fingerprint density at radius 2 is 2.20 bits per heavy atom. The van der Waals surface area contributed by atoms with Crippen LogP contribution in [0.25, 0.3) is 11.0 Å². The maximum Gasteiger partial charge on any atom is 0.375 e. The van der Waals surface area contributed by atoms with Crippen molar-refractivity contribution in [3.05, 3.63) is 29.5 Å². The Kier molecular flexibility index (Phi) is 2.11. The predicted octanol–water partition coefficient (Wildman–Crippen LogP) is 2.40. The molecule has 2 rings (SSSR count). The molecule has 0 spiro atoms. The number of hydrogen-bond donors (Lipinski definition) is 2. The molecule has 0 aliphatic heterocycles. The number of benzene rings is 1. The summed E-state index contributed by atoms with van der Waals surface area (Å²) in [5.74, 6) is -1.94. The van der Waals surface area contributed by atoms with Crippen molar-refractivity contribution >= 4 is 16.9 Å². The minimum absolute atomic E-state index is 0.282. The summed E-state index contributed by atoms with van der Waals surface area (Å²) < 4.78 is 5.05. The van der Waals surface area contributed by atoms with Crippen molar-refractivity contribution < 1.29 is 19.4 Å². The lowest BCUT2D eigenvalue weighted by Gasteiger charge is -1.97. The van der Waals surface area contributed by atoms with E-state index in [-0.39, 0.29) is 5.75 Å². The highest BCUT2D eigenvalue weighted by Crippen LogP contribution is 2.34. The summed E-state index contributed by atoms with van der Waals surface area (Å²) in [5.41, 5.74) is 1.28. The van der Waals surface area contributed by atoms with Gasteiger partial charge in [0.2, 0.25) is 0 Å². The van der Waals surface area contributed by atoms with Crippen molar-refractivity contribution in [1.29, 1.82) is 0 Å². The molecule has 15 heavy (non-hydrogen) atoms. The van der Waals surface area contributed by atoms with E-state index in [0.717, 1.165) is 5.56 Å². The van der Waals surface area contributed by atoms with Gasteiger partial charge in [0.1, 0.15) is 5.58 Å². The van der Waals surface area contributed by atoms with Gasteiger partial charge >= 0.3 is 5.97 Å². The van der Waals surface area contributed by atoms with Crippen LogP contribution in [-0.4, -0.2) is 16.2 Å². The summed E-state index contributed by atoms with van der Waals surface area (Å²) in [6.07, 6.45) is 0.712. The molecule has 1 aromatic carbocycles. The fourth-order valence-corrected chi connectivity index (χ4v) is 1.64. The number of fused-ring (bicyclic) bond motifs is 1. The van der Waals surface area contributed by atoms with Crippen LogP contribution >= 0.6 is 0 Å². The van der Waals surface area contributed by atoms with Crippen LogP contribution in [0.5, 0.6) is 5.75 Å². The van der Waals surface area contributed by atoms with Gasteiger partial charge in [-0.2, -0.15) is 0 Å². The van der Waals surface area contributed by atoms with Gasteiger partial charge in [0.05, 0.1) is 5.39 Å². The van der Waals surface area contributed by atoms with E-state index in [1.54, 1.807) is 12.1 Å². The van der Waals surface area contributed by atoms with Crippen LogP contribution in [0.15, 0.2) is 22.6 Å². The van der Waals surface area contributed by atoms with Gasteiger partial charge in [0.15, 0.2) is 5.75 Å². The minimum Gasteiger partial charge on any atom is -0.504 e. The van der Waals surface area contributed by atoms with Crippen LogP contribution in [0.4, 0.5) is 0 Å². The molecular weight excluding hydrogens is 196 g/mol. The van der Waals surface area contributed by atoms with E-state index in [0.29, 0.717) is 17.4 Å². The summed E-state index contributed by atoms with van der Waals surface area (Å²) in [6.45, 7) is 1.93. The van der Waals surface area contributed by atoms with E-state index < -0.39 is 11.7 Å². The Balaban J connectivity index is 2.82. The lowest BCUT2D eigenvalue weighted by Crippen LogP contribution is -1.92. The molecule has 0 saturated heterocycles. The number of carbonyl (C=O) groups is 1. The molecule has 0 radical (unpaired) electrons. The number of carboxylic acids is 1. The Bertz CT molecular complexity index is 525. The number of rotatable bonds is 2.